The molecule has 0 bridgehead atoms. The Labute approximate surface area is 47.0 Å². The molecular formula is C4H7NOS. The molecule has 0 atom stereocenters. The molecule has 0 spiro atoms. The van der Waals surface area contributed by atoms with Crippen LogP contribution in [0.15, 0.2) is 11.5 Å². The molecule has 1 heterocycles. The Morgan fingerprint density at radius 2 is 2.71 bits per heavy atom. The molecule has 1 aliphatic heterocycles. The SMILES string of the molecule is OCN1CC=CS1. The van der Waals surface area contributed by atoms with Gasteiger partial charge in [-0.1, -0.05) is 6.08 Å². The number of aliphatic hydroxyl groups is 1. The number of hydrogen-bond donors (Lipinski definition) is 1. The van der Waals surface area contributed by atoms with Crippen molar-refractivity contribution in [3.8, 4) is 0 Å². The van der Waals surface area contributed by atoms with E-state index in [1.165, 1.54) is 0 Å². The van der Waals surface area contributed by atoms with Gasteiger partial charge in [-0.3, -0.25) is 0 Å². The highest BCUT2D eigenvalue weighted by molar-refractivity contribution is 8.00. The van der Waals surface area contributed by atoms with Gasteiger partial charge >= 0.3 is 0 Å². The van der Waals surface area contributed by atoms with Gasteiger partial charge in [-0.15, -0.1) is 0 Å². The van der Waals surface area contributed by atoms with E-state index in [4.69, 9.17) is 5.11 Å². The maximum Gasteiger partial charge on any atom is 0.105 e. The van der Waals surface area contributed by atoms with Crippen molar-refractivity contribution < 1.29 is 5.11 Å². The Bertz CT molecular complexity index is 75.8. The Morgan fingerprint density at radius 1 is 1.86 bits per heavy atom. The van der Waals surface area contributed by atoms with Gasteiger partial charge < -0.3 is 5.11 Å². The zero-order chi connectivity index (χ0) is 5.11. The normalized spacial score (nSPS) is 21.3. The lowest BCUT2D eigenvalue weighted by atomic mass is 10.6. The highest BCUT2D eigenvalue weighted by Gasteiger charge is 2.02. The van der Waals surface area contributed by atoms with E-state index in [2.05, 4.69) is 0 Å². The van der Waals surface area contributed by atoms with Gasteiger partial charge in [0.15, 0.2) is 0 Å². The predicted molar refractivity (Wildman–Crippen MR) is 30.5 cm³/mol. The van der Waals surface area contributed by atoms with Crippen molar-refractivity contribution in [3.05, 3.63) is 11.5 Å². The van der Waals surface area contributed by atoms with Crippen LogP contribution in [0, 0.1) is 0 Å². The second-order valence-corrected chi connectivity index (χ2v) is 2.28. The first-order valence-corrected chi connectivity index (χ1v) is 2.95. The molecule has 0 radical (unpaired) electrons. The Kier molecular flexibility index (Phi) is 1.73. The fourth-order valence-electron chi connectivity index (χ4n) is 0.424. The summed E-state index contributed by atoms with van der Waals surface area (Å²) in [5.74, 6) is 0. The smallest absolute Gasteiger partial charge is 0.105 e. The lowest BCUT2D eigenvalue weighted by molar-refractivity contribution is 0.202. The molecule has 2 nitrogen and oxygen atoms in total. The van der Waals surface area contributed by atoms with Crippen molar-refractivity contribution in [1.82, 2.24) is 4.31 Å². The largest absolute Gasteiger partial charge is 0.380 e. The van der Waals surface area contributed by atoms with Gasteiger partial charge in [0.1, 0.15) is 6.73 Å². The zero-order valence-electron chi connectivity index (χ0n) is 3.87. The zero-order valence-corrected chi connectivity index (χ0v) is 4.69. The van der Waals surface area contributed by atoms with Gasteiger partial charge in [-0.2, -0.15) is 0 Å². The lowest BCUT2D eigenvalue weighted by Gasteiger charge is -2.05. The van der Waals surface area contributed by atoms with Crippen LogP contribution in [0.2, 0.25) is 0 Å². The van der Waals surface area contributed by atoms with Crippen LogP contribution in [-0.2, 0) is 0 Å². The molecule has 0 saturated heterocycles. The van der Waals surface area contributed by atoms with E-state index in [9.17, 15) is 0 Å². The fourth-order valence-corrected chi connectivity index (χ4v) is 1.01. The van der Waals surface area contributed by atoms with Crippen molar-refractivity contribution >= 4 is 11.9 Å². The van der Waals surface area contributed by atoms with Gasteiger partial charge in [0, 0.05) is 6.54 Å². The van der Waals surface area contributed by atoms with Gasteiger partial charge in [-0.05, 0) is 17.4 Å². The number of hydrogen-bond acceptors (Lipinski definition) is 3. The van der Waals surface area contributed by atoms with Crippen molar-refractivity contribution in [2.45, 2.75) is 0 Å². The van der Waals surface area contributed by atoms with Crippen molar-refractivity contribution in [2.24, 2.45) is 0 Å². The number of aliphatic hydroxyl groups excluding tert-OH is 1. The predicted octanol–water partition coefficient (Wildman–Crippen LogP) is 0.414. The maximum atomic E-state index is 8.43. The van der Waals surface area contributed by atoms with Crippen LogP contribution in [0.1, 0.15) is 0 Å². The van der Waals surface area contributed by atoms with Gasteiger partial charge in [-0.25, -0.2) is 4.31 Å². The first-order chi connectivity index (χ1) is 3.43. The van der Waals surface area contributed by atoms with E-state index < -0.39 is 0 Å². The molecule has 0 fully saturated rings. The minimum absolute atomic E-state index is 0.150. The quantitative estimate of drug-likeness (QED) is 0.503. The number of rotatable bonds is 1. The molecule has 0 aliphatic carbocycles. The van der Waals surface area contributed by atoms with Crippen molar-refractivity contribution in [2.75, 3.05) is 13.3 Å². The first-order valence-electron chi connectivity index (χ1n) is 2.11. The topological polar surface area (TPSA) is 23.5 Å². The van der Waals surface area contributed by atoms with Crippen LogP contribution >= 0.6 is 11.9 Å². The van der Waals surface area contributed by atoms with E-state index in [0.29, 0.717) is 0 Å². The van der Waals surface area contributed by atoms with Crippen molar-refractivity contribution in [1.29, 1.82) is 0 Å². The van der Waals surface area contributed by atoms with Crippen molar-refractivity contribution in [3.63, 3.8) is 0 Å². The van der Waals surface area contributed by atoms with Crippen LogP contribution in [0.4, 0.5) is 0 Å². The molecule has 0 aromatic heterocycles. The fraction of sp³-hybridized carbons (Fsp3) is 0.500. The second kappa shape index (κ2) is 2.35. The standard InChI is InChI=1S/C4H7NOS/c6-4-5-2-1-3-7-5/h1,3,6H,2,4H2. The molecule has 1 rings (SSSR count). The summed E-state index contributed by atoms with van der Waals surface area (Å²) >= 11 is 1.55. The molecule has 1 N–H and O–H groups in total. The summed E-state index contributed by atoms with van der Waals surface area (Å²) in [4.78, 5) is 0. The molecule has 3 heteroatoms. The Hall–Kier alpha value is 0.01000. The lowest BCUT2D eigenvalue weighted by Crippen LogP contribution is -2.11. The molecule has 0 aromatic carbocycles. The average Bonchev–Trinajstić information content (AvgIpc) is 2.14. The maximum absolute atomic E-state index is 8.43. The highest BCUT2D eigenvalue weighted by atomic mass is 32.2. The second-order valence-electron chi connectivity index (χ2n) is 1.28. The van der Waals surface area contributed by atoms with Crippen LogP contribution in [-0.4, -0.2) is 22.7 Å². The highest BCUT2D eigenvalue weighted by Crippen LogP contribution is 2.15. The Balaban J connectivity index is 2.22. The van der Waals surface area contributed by atoms with E-state index in [-0.39, 0.29) is 6.73 Å². The molecule has 7 heavy (non-hydrogen) atoms. The van der Waals surface area contributed by atoms with Gasteiger partial charge in [0.25, 0.3) is 0 Å². The van der Waals surface area contributed by atoms with Crippen LogP contribution in [0.5, 0.6) is 0 Å². The Morgan fingerprint density at radius 3 is 3.00 bits per heavy atom. The summed E-state index contributed by atoms with van der Waals surface area (Å²) in [6.45, 7) is 1.03. The summed E-state index contributed by atoms with van der Waals surface area (Å²) in [5, 5.41) is 10.4. The van der Waals surface area contributed by atoms with Gasteiger partial charge in [0.2, 0.25) is 0 Å². The third kappa shape index (κ3) is 1.19. The average molecular weight is 117 g/mol. The van der Waals surface area contributed by atoms with E-state index in [0.717, 1.165) is 6.54 Å². The molecule has 0 saturated carbocycles. The summed E-state index contributed by atoms with van der Waals surface area (Å²) in [6.07, 6.45) is 2.01. The summed E-state index contributed by atoms with van der Waals surface area (Å²) in [6, 6.07) is 0. The van der Waals surface area contributed by atoms with Crippen LogP contribution < -0.4 is 0 Å². The number of nitrogens with zero attached hydrogens (tertiary/aromatic N) is 1. The summed E-state index contributed by atoms with van der Waals surface area (Å²) < 4.78 is 1.85. The minimum atomic E-state index is 0.150. The molecule has 40 valence electrons. The van der Waals surface area contributed by atoms with E-state index in [1.54, 1.807) is 11.9 Å². The first kappa shape index (κ1) is 5.15. The van der Waals surface area contributed by atoms with E-state index in [1.807, 2.05) is 15.8 Å². The minimum Gasteiger partial charge on any atom is -0.380 e. The third-order valence-corrected chi connectivity index (χ3v) is 1.65. The molecule has 0 amide bonds. The van der Waals surface area contributed by atoms with Gasteiger partial charge in [0.05, 0.1) is 0 Å². The molecule has 0 unspecified atom stereocenters. The molecule has 1 aliphatic rings. The molecular weight excluding hydrogens is 110 g/mol. The monoisotopic (exact) mass is 117 g/mol. The summed E-state index contributed by atoms with van der Waals surface area (Å²) in [5.41, 5.74) is 0. The van der Waals surface area contributed by atoms with Crippen LogP contribution in [0.25, 0.3) is 0 Å². The third-order valence-electron chi connectivity index (χ3n) is 0.773. The summed E-state index contributed by atoms with van der Waals surface area (Å²) in [7, 11) is 0. The van der Waals surface area contributed by atoms with Crippen LogP contribution in [0.3, 0.4) is 0 Å². The molecule has 0 aromatic rings. The van der Waals surface area contributed by atoms with E-state index >= 15 is 0 Å².